The molecule has 1 amide bonds. The maximum absolute atomic E-state index is 12.4. The van der Waals surface area contributed by atoms with Gasteiger partial charge in [0.2, 0.25) is 11.8 Å². The number of hydrogen-bond acceptors (Lipinski definition) is 10. The summed E-state index contributed by atoms with van der Waals surface area (Å²) < 4.78 is 10.9. The lowest BCUT2D eigenvalue weighted by molar-refractivity contribution is -0.159. The molecule has 1 saturated heterocycles. The normalized spacial score (nSPS) is 16.1. The molecule has 11 heteroatoms. The van der Waals surface area contributed by atoms with Crippen molar-refractivity contribution in [2.75, 3.05) is 38.0 Å². The summed E-state index contributed by atoms with van der Waals surface area (Å²) in [4.78, 5) is 40.8. The summed E-state index contributed by atoms with van der Waals surface area (Å²) in [6.45, 7) is 14.0. The molecule has 1 aliphatic heterocycles. The molecule has 0 saturated carbocycles. The Kier molecular flexibility index (Phi) is 8.11. The molecule has 1 N–H and O–H groups in total. The van der Waals surface area contributed by atoms with Crippen LogP contribution in [0.1, 0.15) is 58.1 Å². The van der Waals surface area contributed by atoms with E-state index < -0.39 is 11.8 Å². The summed E-state index contributed by atoms with van der Waals surface area (Å²) in [6, 6.07) is 0. The Bertz CT molecular complexity index is 1010. The zero-order chi connectivity index (χ0) is 24.9. The molecule has 2 aromatic heterocycles. The number of carbonyl (C=O) groups is 2. The van der Waals surface area contributed by atoms with Gasteiger partial charge in [0.25, 0.3) is 0 Å². The second-order valence-electron chi connectivity index (χ2n) is 10.0. The molecular formula is C23H33N5O5S. The summed E-state index contributed by atoms with van der Waals surface area (Å²) >= 11 is 1.37. The van der Waals surface area contributed by atoms with Gasteiger partial charge in [0.1, 0.15) is 11.4 Å². The SMILES string of the molecule is CC(C)(C)OC(=O)ON1CCN(CC(=O)Nc2ncc(/C=C/c3ncc(C(C)(C)C)o3)s2)CC1. The van der Waals surface area contributed by atoms with Crippen molar-refractivity contribution in [2.45, 2.75) is 52.6 Å². The van der Waals surface area contributed by atoms with Crippen LogP contribution in [0, 0.1) is 0 Å². The first-order chi connectivity index (χ1) is 15.9. The molecule has 0 aromatic carbocycles. The predicted molar refractivity (Wildman–Crippen MR) is 130 cm³/mol. The van der Waals surface area contributed by atoms with Gasteiger partial charge in [0.05, 0.1) is 12.7 Å². The van der Waals surface area contributed by atoms with E-state index in [2.05, 4.69) is 36.1 Å². The third-order valence-corrected chi connectivity index (χ3v) is 5.59. The molecule has 0 unspecified atom stereocenters. The number of anilines is 1. The van der Waals surface area contributed by atoms with Crippen LogP contribution < -0.4 is 5.32 Å². The zero-order valence-electron chi connectivity index (χ0n) is 20.6. The zero-order valence-corrected chi connectivity index (χ0v) is 21.4. The summed E-state index contributed by atoms with van der Waals surface area (Å²) in [5.74, 6) is 1.20. The van der Waals surface area contributed by atoms with E-state index in [1.54, 1.807) is 44.3 Å². The van der Waals surface area contributed by atoms with Crippen LogP contribution in [0.5, 0.6) is 0 Å². The van der Waals surface area contributed by atoms with E-state index in [0.717, 1.165) is 10.6 Å². The van der Waals surface area contributed by atoms with Gasteiger partial charge in [-0.25, -0.2) is 14.8 Å². The summed E-state index contributed by atoms with van der Waals surface area (Å²) in [5, 5.41) is 4.92. The van der Waals surface area contributed by atoms with Crippen molar-refractivity contribution < 1.29 is 23.6 Å². The third-order valence-electron chi connectivity index (χ3n) is 4.71. The Morgan fingerprint density at radius 1 is 1.09 bits per heavy atom. The molecule has 186 valence electrons. The highest BCUT2D eigenvalue weighted by molar-refractivity contribution is 7.16. The first-order valence-electron chi connectivity index (χ1n) is 11.2. The first-order valence-corrected chi connectivity index (χ1v) is 12.0. The fraction of sp³-hybridized carbons (Fsp3) is 0.565. The van der Waals surface area contributed by atoms with Crippen molar-refractivity contribution in [2.24, 2.45) is 0 Å². The second-order valence-corrected chi connectivity index (χ2v) is 11.1. The molecule has 0 radical (unpaired) electrons. The number of thiazole rings is 1. The number of oxazole rings is 1. The molecule has 34 heavy (non-hydrogen) atoms. The monoisotopic (exact) mass is 491 g/mol. The van der Waals surface area contributed by atoms with Crippen molar-refractivity contribution in [1.82, 2.24) is 19.9 Å². The van der Waals surface area contributed by atoms with Gasteiger partial charge >= 0.3 is 6.16 Å². The maximum atomic E-state index is 12.4. The summed E-state index contributed by atoms with van der Waals surface area (Å²) in [6.07, 6.45) is 6.35. The van der Waals surface area contributed by atoms with Crippen LogP contribution >= 0.6 is 11.3 Å². The number of nitrogens with one attached hydrogen (secondary N) is 1. The van der Waals surface area contributed by atoms with Crippen molar-refractivity contribution >= 4 is 40.7 Å². The van der Waals surface area contributed by atoms with Gasteiger partial charge in [-0.15, -0.1) is 5.06 Å². The fourth-order valence-corrected chi connectivity index (χ4v) is 3.74. The molecule has 0 aliphatic carbocycles. The minimum atomic E-state index is -0.718. The average Bonchev–Trinajstić information content (AvgIpc) is 3.35. The van der Waals surface area contributed by atoms with Gasteiger partial charge in [-0.3, -0.25) is 9.69 Å². The molecule has 0 bridgehead atoms. The van der Waals surface area contributed by atoms with Gasteiger partial charge in [-0.1, -0.05) is 32.1 Å². The first kappa shape index (κ1) is 25.9. The number of amides is 1. The number of hydrogen-bond donors (Lipinski definition) is 1. The van der Waals surface area contributed by atoms with Crippen molar-refractivity contribution in [3.05, 3.63) is 28.9 Å². The molecule has 2 aromatic rings. The lowest BCUT2D eigenvalue weighted by Gasteiger charge is -2.33. The van der Waals surface area contributed by atoms with Crippen molar-refractivity contribution in [3.63, 3.8) is 0 Å². The van der Waals surface area contributed by atoms with Crippen LogP contribution in [0.15, 0.2) is 16.8 Å². The van der Waals surface area contributed by atoms with E-state index >= 15 is 0 Å². The maximum Gasteiger partial charge on any atom is 0.528 e. The average molecular weight is 492 g/mol. The van der Waals surface area contributed by atoms with Crippen LogP contribution in [-0.2, 0) is 19.8 Å². The van der Waals surface area contributed by atoms with Crippen molar-refractivity contribution in [1.29, 1.82) is 0 Å². The molecule has 0 atom stereocenters. The Morgan fingerprint density at radius 3 is 2.41 bits per heavy atom. The molecule has 10 nitrogen and oxygen atoms in total. The van der Waals surface area contributed by atoms with E-state index in [0.29, 0.717) is 37.2 Å². The highest BCUT2D eigenvalue weighted by atomic mass is 32.1. The van der Waals surface area contributed by atoms with Crippen LogP contribution in [0.4, 0.5) is 9.93 Å². The molecule has 3 heterocycles. The summed E-state index contributed by atoms with van der Waals surface area (Å²) in [7, 11) is 0. The van der Waals surface area contributed by atoms with E-state index in [-0.39, 0.29) is 17.9 Å². The highest BCUT2D eigenvalue weighted by Crippen LogP contribution is 2.24. The minimum Gasteiger partial charge on any atom is -0.441 e. The molecule has 1 fully saturated rings. The number of carbonyl (C=O) groups excluding carboxylic acids is 2. The Morgan fingerprint density at radius 2 is 1.79 bits per heavy atom. The Hall–Kier alpha value is -2.76. The molecular weight excluding hydrogens is 458 g/mol. The quantitative estimate of drug-likeness (QED) is 0.599. The lowest BCUT2D eigenvalue weighted by Crippen LogP contribution is -2.49. The Labute approximate surface area is 203 Å². The van der Waals surface area contributed by atoms with Crippen LogP contribution in [0.3, 0.4) is 0 Å². The number of aromatic nitrogens is 2. The number of rotatable bonds is 6. The van der Waals surface area contributed by atoms with Crippen LogP contribution in [-0.4, -0.2) is 70.3 Å². The second kappa shape index (κ2) is 10.7. The van der Waals surface area contributed by atoms with Gasteiger partial charge in [-0.05, 0) is 26.8 Å². The van der Waals surface area contributed by atoms with E-state index in [1.165, 1.54) is 11.3 Å². The minimum absolute atomic E-state index is 0.0984. The standard InChI is InChI=1S/C23H33N5O5S/c1-22(2,3)17-14-24-19(31-17)8-7-16-13-25-20(34-16)26-18(29)15-27-9-11-28(12-10-27)33-21(30)32-23(4,5)6/h7-8,13-14H,9-12,15H2,1-6H3,(H,25,26,29)/b8-7+. The Balaban J connectivity index is 1.41. The third kappa shape index (κ3) is 8.23. The lowest BCUT2D eigenvalue weighted by atomic mass is 9.94. The van der Waals surface area contributed by atoms with Crippen LogP contribution in [0.2, 0.25) is 0 Å². The number of ether oxygens (including phenoxy) is 1. The predicted octanol–water partition coefficient (Wildman–Crippen LogP) is 4.02. The smallest absolute Gasteiger partial charge is 0.441 e. The number of nitrogens with zero attached hydrogens (tertiary/aromatic N) is 4. The number of hydroxylamine groups is 2. The molecule has 3 rings (SSSR count). The van der Waals surface area contributed by atoms with E-state index in [4.69, 9.17) is 14.0 Å². The molecule has 1 aliphatic rings. The van der Waals surface area contributed by atoms with Crippen LogP contribution in [0.25, 0.3) is 12.2 Å². The molecule has 0 spiro atoms. The van der Waals surface area contributed by atoms with E-state index in [9.17, 15) is 9.59 Å². The largest absolute Gasteiger partial charge is 0.528 e. The topological polar surface area (TPSA) is 110 Å². The van der Waals surface area contributed by atoms with Gasteiger partial charge < -0.3 is 19.3 Å². The summed E-state index contributed by atoms with van der Waals surface area (Å²) in [5.41, 5.74) is -0.702. The van der Waals surface area contributed by atoms with Crippen molar-refractivity contribution in [3.8, 4) is 0 Å². The highest BCUT2D eigenvalue weighted by Gasteiger charge is 2.25. The number of piperazine rings is 1. The van der Waals surface area contributed by atoms with Gasteiger partial charge in [0, 0.05) is 48.7 Å². The fourth-order valence-electron chi connectivity index (χ4n) is 3.00. The van der Waals surface area contributed by atoms with Gasteiger partial charge in [0.15, 0.2) is 5.13 Å². The van der Waals surface area contributed by atoms with Gasteiger partial charge in [-0.2, -0.15) is 0 Å². The van der Waals surface area contributed by atoms with E-state index in [1.807, 2.05) is 11.0 Å².